The van der Waals surface area contributed by atoms with Crippen molar-refractivity contribution in [3.8, 4) is 22.9 Å². The summed E-state index contributed by atoms with van der Waals surface area (Å²) in [5, 5.41) is 0. The van der Waals surface area contributed by atoms with Gasteiger partial charge in [0.2, 0.25) is 0 Å². The molecule has 0 saturated heterocycles. The van der Waals surface area contributed by atoms with Crippen molar-refractivity contribution in [2.75, 3.05) is 13.2 Å². The number of hydrogen-bond acceptors (Lipinski definition) is 4. The van der Waals surface area contributed by atoms with Crippen LogP contribution in [0.25, 0.3) is 11.4 Å². The molecule has 0 spiro atoms. The minimum Gasteiger partial charge on any atom is -0.492 e. The van der Waals surface area contributed by atoms with Gasteiger partial charge in [0.1, 0.15) is 22.9 Å². The van der Waals surface area contributed by atoms with Gasteiger partial charge >= 0.3 is 0 Å². The average molecular weight is 487 g/mol. The summed E-state index contributed by atoms with van der Waals surface area (Å²) in [5.74, 6) is 0.610. The van der Waals surface area contributed by atoms with Gasteiger partial charge in [0.05, 0.1) is 24.6 Å². The lowest BCUT2D eigenvalue weighted by atomic mass is 10.00. The first-order chi connectivity index (χ1) is 16.1. The maximum Gasteiger partial charge on any atom is 0.284 e. The van der Waals surface area contributed by atoms with Crippen molar-refractivity contribution in [3.05, 3.63) is 35.7 Å². The molecule has 0 fully saturated rings. The van der Waals surface area contributed by atoms with E-state index in [4.69, 9.17) is 9.47 Å². The second-order valence-electron chi connectivity index (χ2n) is 8.59. The number of halogens is 4. The summed E-state index contributed by atoms with van der Waals surface area (Å²) in [6.45, 7) is 12.7. The standard InChI is InChI=1S/C21H26F4N2O2.C5H12/c1-5-28-16-8-6-14(26-18(16)20(22)23)15-7-9-17(19(27-15)21(24)25)29-11-13(4)10-12(2)3;1-3-5-4-2/h6-9,12-13,20-21H,5,10-11H2,1-4H3;3-5H2,1-2H3. The van der Waals surface area contributed by atoms with Crippen LogP contribution in [0.1, 0.15) is 91.5 Å². The number of hydrogen-bond donors (Lipinski definition) is 0. The Kier molecular flexibility index (Phi) is 13.5. The number of ether oxygens (including phenoxy) is 2. The number of alkyl halides is 4. The topological polar surface area (TPSA) is 44.2 Å². The van der Waals surface area contributed by atoms with Crippen LogP contribution in [0.5, 0.6) is 11.5 Å². The third-order valence-corrected chi connectivity index (χ3v) is 4.85. The molecule has 1 atom stereocenters. The molecule has 1 unspecified atom stereocenters. The molecular weight excluding hydrogens is 448 g/mol. The predicted molar refractivity (Wildman–Crippen MR) is 128 cm³/mol. The van der Waals surface area contributed by atoms with Gasteiger partial charge in [-0.15, -0.1) is 0 Å². The second-order valence-corrected chi connectivity index (χ2v) is 8.59. The minimum atomic E-state index is -2.87. The summed E-state index contributed by atoms with van der Waals surface area (Å²) >= 11 is 0. The fourth-order valence-corrected chi connectivity index (χ4v) is 3.38. The largest absolute Gasteiger partial charge is 0.492 e. The van der Waals surface area contributed by atoms with E-state index in [1.165, 1.54) is 43.5 Å². The molecule has 0 saturated carbocycles. The van der Waals surface area contributed by atoms with Gasteiger partial charge in [0.25, 0.3) is 12.9 Å². The highest BCUT2D eigenvalue weighted by Crippen LogP contribution is 2.33. The van der Waals surface area contributed by atoms with Gasteiger partial charge in [-0.1, -0.05) is 53.9 Å². The van der Waals surface area contributed by atoms with E-state index in [0.29, 0.717) is 5.92 Å². The summed E-state index contributed by atoms with van der Waals surface area (Å²) < 4.78 is 64.3. The van der Waals surface area contributed by atoms with Gasteiger partial charge in [-0.05, 0) is 49.4 Å². The van der Waals surface area contributed by atoms with E-state index < -0.39 is 24.2 Å². The van der Waals surface area contributed by atoms with Crippen molar-refractivity contribution < 1.29 is 27.0 Å². The Morgan fingerprint density at radius 2 is 1.21 bits per heavy atom. The van der Waals surface area contributed by atoms with E-state index in [1.807, 2.05) is 6.92 Å². The molecule has 0 aliphatic rings. The quantitative estimate of drug-likeness (QED) is 0.282. The molecule has 34 heavy (non-hydrogen) atoms. The van der Waals surface area contributed by atoms with Crippen molar-refractivity contribution in [1.82, 2.24) is 9.97 Å². The van der Waals surface area contributed by atoms with E-state index in [2.05, 4.69) is 37.7 Å². The first-order valence-corrected chi connectivity index (χ1v) is 12.0. The van der Waals surface area contributed by atoms with Crippen LogP contribution in [0, 0.1) is 11.8 Å². The van der Waals surface area contributed by atoms with E-state index >= 15 is 0 Å². The van der Waals surface area contributed by atoms with Crippen molar-refractivity contribution in [2.45, 2.75) is 80.1 Å². The van der Waals surface area contributed by atoms with Crippen LogP contribution in [0.2, 0.25) is 0 Å². The Hall–Kier alpha value is -2.38. The molecule has 4 nitrogen and oxygen atoms in total. The molecule has 2 rings (SSSR count). The predicted octanol–water partition coefficient (Wildman–Crippen LogP) is 8.68. The van der Waals surface area contributed by atoms with Crippen LogP contribution in [-0.4, -0.2) is 23.2 Å². The number of nitrogens with zero attached hydrogens (tertiary/aromatic N) is 2. The zero-order chi connectivity index (χ0) is 25.7. The van der Waals surface area contributed by atoms with Crippen LogP contribution >= 0.6 is 0 Å². The SMILES string of the molecule is CCCCC.CCOc1ccc(-c2ccc(OCC(C)CC(C)C)c(C(F)F)n2)nc1C(F)F. The number of pyridine rings is 2. The molecule has 2 aromatic heterocycles. The Morgan fingerprint density at radius 1 is 0.735 bits per heavy atom. The van der Waals surface area contributed by atoms with Crippen molar-refractivity contribution >= 4 is 0 Å². The smallest absolute Gasteiger partial charge is 0.284 e. The van der Waals surface area contributed by atoms with Crippen LogP contribution in [0.15, 0.2) is 24.3 Å². The van der Waals surface area contributed by atoms with Gasteiger partial charge in [0.15, 0.2) is 0 Å². The first-order valence-electron chi connectivity index (χ1n) is 12.0. The normalized spacial score (nSPS) is 12.0. The van der Waals surface area contributed by atoms with Crippen LogP contribution in [0.4, 0.5) is 17.6 Å². The highest BCUT2D eigenvalue weighted by molar-refractivity contribution is 5.57. The lowest BCUT2D eigenvalue weighted by Crippen LogP contribution is -2.12. The van der Waals surface area contributed by atoms with Crippen molar-refractivity contribution in [1.29, 1.82) is 0 Å². The molecule has 2 aromatic rings. The molecule has 2 heterocycles. The number of aromatic nitrogens is 2. The molecule has 0 aliphatic heterocycles. The van der Waals surface area contributed by atoms with Gasteiger partial charge in [-0.2, -0.15) is 0 Å². The summed E-state index contributed by atoms with van der Waals surface area (Å²) in [4.78, 5) is 7.81. The van der Waals surface area contributed by atoms with Gasteiger partial charge in [-0.25, -0.2) is 27.5 Å². The monoisotopic (exact) mass is 486 g/mol. The Balaban J connectivity index is 0.00000104. The van der Waals surface area contributed by atoms with Gasteiger partial charge in [-0.3, -0.25) is 0 Å². The molecule has 0 aliphatic carbocycles. The summed E-state index contributed by atoms with van der Waals surface area (Å²) in [5.41, 5.74) is -0.959. The minimum absolute atomic E-state index is 0.0145. The fourth-order valence-electron chi connectivity index (χ4n) is 3.38. The van der Waals surface area contributed by atoms with Gasteiger partial charge in [0, 0.05) is 0 Å². The Morgan fingerprint density at radius 3 is 1.56 bits per heavy atom. The molecule has 0 aromatic carbocycles. The number of rotatable bonds is 12. The highest BCUT2D eigenvalue weighted by atomic mass is 19.3. The van der Waals surface area contributed by atoms with Crippen LogP contribution in [0.3, 0.4) is 0 Å². The molecule has 8 heteroatoms. The molecule has 192 valence electrons. The lowest BCUT2D eigenvalue weighted by Gasteiger charge is -2.17. The summed E-state index contributed by atoms with van der Waals surface area (Å²) in [6, 6.07) is 5.58. The second kappa shape index (κ2) is 15.5. The molecule has 0 N–H and O–H groups in total. The first kappa shape index (κ1) is 29.7. The molecule has 0 amide bonds. The van der Waals surface area contributed by atoms with E-state index in [1.54, 1.807) is 6.92 Å². The zero-order valence-electron chi connectivity index (χ0n) is 21.1. The molecular formula is C26H38F4N2O2. The third kappa shape index (κ3) is 9.85. The Bertz CT molecular complexity index is 846. The number of unbranched alkanes of at least 4 members (excludes halogenated alkanes) is 2. The fraction of sp³-hybridized carbons (Fsp3) is 0.615. The third-order valence-electron chi connectivity index (χ3n) is 4.85. The van der Waals surface area contributed by atoms with Gasteiger partial charge < -0.3 is 9.47 Å². The summed E-state index contributed by atoms with van der Waals surface area (Å²) in [6.07, 6.45) is -0.756. The van der Waals surface area contributed by atoms with E-state index in [9.17, 15) is 17.6 Å². The van der Waals surface area contributed by atoms with Crippen molar-refractivity contribution in [3.63, 3.8) is 0 Å². The van der Waals surface area contributed by atoms with Crippen molar-refractivity contribution in [2.24, 2.45) is 11.8 Å². The zero-order valence-corrected chi connectivity index (χ0v) is 21.1. The molecule has 0 radical (unpaired) electrons. The highest BCUT2D eigenvalue weighted by Gasteiger charge is 2.21. The maximum atomic E-state index is 13.5. The maximum absolute atomic E-state index is 13.5. The lowest BCUT2D eigenvalue weighted by molar-refractivity contribution is 0.136. The van der Waals surface area contributed by atoms with E-state index in [-0.39, 0.29) is 42.0 Å². The average Bonchev–Trinajstić information content (AvgIpc) is 2.78. The Labute approximate surface area is 201 Å². The van der Waals surface area contributed by atoms with Crippen LogP contribution in [-0.2, 0) is 0 Å². The summed E-state index contributed by atoms with van der Waals surface area (Å²) in [7, 11) is 0. The van der Waals surface area contributed by atoms with Crippen LogP contribution < -0.4 is 9.47 Å². The van der Waals surface area contributed by atoms with E-state index in [0.717, 1.165) is 6.42 Å². The molecule has 0 bridgehead atoms.